The summed E-state index contributed by atoms with van der Waals surface area (Å²) in [5, 5.41) is 18.7. The molecule has 1 aliphatic heterocycles. The summed E-state index contributed by atoms with van der Waals surface area (Å²) < 4.78 is 34.5. The molecule has 0 spiro atoms. The van der Waals surface area contributed by atoms with Crippen LogP contribution in [0.4, 0.5) is 5.82 Å². The fourth-order valence-electron chi connectivity index (χ4n) is 4.05. The molecule has 5 rings (SSSR count). The van der Waals surface area contributed by atoms with Gasteiger partial charge in [-0.2, -0.15) is 8.42 Å². The molecule has 5 N–H and O–H groups in total. The molecule has 4 heterocycles. The number of benzene rings is 1. The molecule has 11 nitrogen and oxygen atoms in total. The molecule has 1 aliphatic rings. The Labute approximate surface area is 199 Å². The van der Waals surface area contributed by atoms with Crippen molar-refractivity contribution in [1.29, 1.82) is 0 Å². The monoisotopic (exact) mass is 502 g/mol. The van der Waals surface area contributed by atoms with Gasteiger partial charge in [0.1, 0.15) is 35.1 Å². The summed E-state index contributed by atoms with van der Waals surface area (Å²) in [5.41, 5.74) is 10.3. The second-order valence-corrected chi connectivity index (χ2v) is 10.0. The molecular formula is C21H22N6O5S2. The van der Waals surface area contributed by atoms with Crippen LogP contribution in [-0.4, -0.2) is 51.9 Å². The minimum atomic E-state index is -4.16. The predicted molar refractivity (Wildman–Crippen MR) is 127 cm³/mol. The van der Waals surface area contributed by atoms with Crippen molar-refractivity contribution in [3.63, 3.8) is 0 Å². The molecule has 178 valence electrons. The lowest BCUT2D eigenvalue weighted by molar-refractivity contribution is -0.0369. The number of ether oxygens (including phenoxy) is 1. The highest BCUT2D eigenvalue weighted by Gasteiger charge is 2.37. The van der Waals surface area contributed by atoms with E-state index in [-0.39, 0.29) is 12.2 Å². The number of aliphatic hydroxyl groups excluding tert-OH is 1. The smallest absolute Gasteiger partial charge is 0.333 e. The summed E-state index contributed by atoms with van der Waals surface area (Å²) >= 11 is 1.52. The predicted octanol–water partition coefficient (Wildman–Crippen LogP) is 1.98. The van der Waals surface area contributed by atoms with Crippen molar-refractivity contribution in [2.75, 3.05) is 12.3 Å². The second kappa shape index (κ2) is 8.69. The molecule has 34 heavy (non-hydrogen) atoms. The average molecular weight is 503 g/mol. The first-order chi connectivity index (χ1) is 16.2. The highest BCUT2D eigenvalue weighted by atomic mass is 32.2. The van der Waals surface area contributed by atoms with Gasteiger partial charge in [-0.3, -0.25) is 4.18 Å². The van der Waals surface area contributed by atoms with Gasteiger partial charge in [-0.05, 0) is 12.5 Å². The Bertz CT molecular complexity index is 1470. The summed E-state index contributed by atoms with van der Waals surface area (Å²) in [7, 11) is -4.16. The van der Waals surface area contributed by atoms with E-state index in [9.17, 15) is 13.5 Å². The SMILES string of the molecule is Cc1ccccc1-c1nc(-c2cn([C@H]3C[C@H](O)[C@@H](COS(N)(=O)=O)O3)c3ncnc(N)c23)cs1. The van der Waals surface area contributed by atoms with Crippen LogP contribution >= 0.6 is 11.3 Å². The molecule has 0 unspecified atom stereocenters. The highest BCUT2D eigenvalue weighted by molar-refractivity contribution is 7.84. The van der Waals surface area contributed by atoms with Crippen LogP contribution in [-0.2, 0) is 19.2 Å². The van der Waals surface area contributed by atoms with E-state index >= 15 is 0 Å². The summed E-state index contributed by atoms with van der Waals surface area (Å²) in [6.45, 7) is 1.64. The minimum absolute atomic E-state index is 0.192. The van der Waals surface area contributed by atoms with Gasteiger partial charge >= 0.3 is 10.3 Å². The number of anilines is 1. The van der Waals surface area contributed by atoms with Crippen molar-refractivity contribution in [3.8, 4) is 21.8 Å². The first-order valence-corrected chi connectivity index (χ1v) is 12.7. The fourth-order valence-corrected chi connectivity index (χ4v) is 5.29. The van der Waals surface area contributed by atoms with Gasteiger partial charge in [0.15, 0.2) is 0 Å². The lowest BCUT2D eigenvalue weighted by Crippen LogP contribution is -2.30. The molecule has 0 saturated carbocycles. The van der Waals surface area contributed by atoms with Crippen molar-refractivity contribution in [2.45, 2.75) is 31.8 Å². The topological polar surface area (TPSA) is 168 Å². The zero-order valence-corrected chi connectivity index (χ0v) is 19.7. The molecule has 1 fully saturated rings. The third-order valence-corrected chi connectivity index (χ3v) is 7.05. The normalized spacial score (nSPS) is 20.9. The number of nitrogens with zero attached hydrogens (tertiary/aromatic N) is 4. The summed E-state index contributed by atoms with van der Waals surface area (Å²) in [6.07, 6.45) is 0.882. The van der Waals surface area contributed by atoms with E-state index in [0.29, 0.717) is 16.7 Å². The third kappa shape index (κ3) is 4.29. The number of nitrogens with two attached hydrogens (primary N) is 2. The molecule has 1 saturated heterocycles. The van der Waals surface area contributed by atoms with Crippen LogP contribution in [0.1, 0.15) is 18.2 Å². The van der Waals surface area contributed by atoms with Crippen molar-refractivity contribution >= 4 is 38.5 Å². The van der Waals surface area contributed by atoms with Gasteiger partial charge in [0.05, 0.1) is 23.8 Å². The number of rotatable bonds is 6. The van der Waals surface area contributed by atoms with Crippen LogP contribution in [0.25, 0.3) is 32.9 Å². The molecule has 3 aromatic heterocycles. The standard InChI is InChI=1S/C21H22N6O5S2/c1-11-4-2-3-5-12(11)21-26-14(9-33-21)13-7-27(20-18(13)19(22)24-10-25-20)17-6-15(28)16(32-17)8-31-34(23,29)30/h2-5,7,9-10,15-17,28H,6,8H2,1H3,(H2,22,24,25)(H2,23,29,30)/t15-,16+,17+/m0/s1. The molecule has 1 aromatic carbocycles. The van der Waals surface area contributed by atoms with E-state index in [1.807, 2.05) is 42.8 Å². The maximum atomic E-state index is 11.1. The first kappa shape index (κ1) is 22.8. The van der Waals surface area contributed by atoms with E-state index in [0.717, 1.165) is 21.7 Å². The van der Waals surface area contributed by atoms with Gasteiger partial charge in [-0.1, -0.05) is 24.3 Å². The van der Waals surface area contributed by atoms with Crippen molar-refractivity contribution in [2.24, 2.45) is 5.14 Å². The molecule has 0 amide bonds. The third-order valence-electron chi connectivity index (χ3n) is 5.71. The van der Waals surface area contributed by atoms with Gasteiger partial charge < -0.3 is 20.1 Å². The number of thiazole rings is 1. The number of hydrogen-bond acceptors (Lipinski definition) is 10. The van der Waals surface area contributed by atoms with Gasteiger partial charge in [-0.15, -0.1) is 11.3 Å². The van der Waals surface area contributed by atoms with E-state index in [2.05, 4.69) is 14.2 Å². The Kier molecular flexibility index (Phi) is 5.83. The molecule has 0 bridgehead atoms. The van der Waals surface area contributed by atoms with Crippen molar-refractivity contribution in [3.05, 3.63) is 47.7 Å². The lowest BCUT2D eigenvalue weighted by atomic mass is 10.1. The Morgan fingerprint density at radius 3 is 2.85 bits per heavy atom. The van der Waals surface area contributed by atoms with Crippen molar-refractivity contribution in [1.82, 2.24) is 19.5 Å². The summed E-state index contributed by atoms with van der Waals surface area (Å²) in [5.74, 6) is 0.289. The first-order valence-electron chi connectivity index (χ1n) is 10.3. The Balaban J connectivity index is 1.52. The number of aryl methyl sites for hydroxylation is 1. The quantitative estimate of drug-likeness (QED) is 0.357. The Morgan fingerprint density at radius 2 is 2.09 bits per heavy atom. The largest absolute Gasteiger partial charge is 0.390 e. The summed E-state index contributed by atoms with van der Waals surface area (Å²) in [6, 6.07) is 8.01. The fraction of sp³-hybridized carbons (Fsp3) is 0.286. The van der Waals surface area contributed by atoms with E-state index in [1.165, 1.54) is 17.7 Å². The minimum Gasteiger partial charge on any atom is -0.390 e. The molecule has 4 aromatic rings. The number of aromatic nitrogens is 4. The molecule has 0 radical (unpaired) electrons. The van der Waals surface area contributed by atoms with E-state index in [1.54, 1.807) is 4.57 Å². The average Bonchev–Trinajstić information content (AvgIpc) is 3.49. The van der Waals surface area contributed by atoms with Crippen LogP contribution < -0.4 is 10.9 Å². The molecule has 13 heteroatoms. The Morgan fingerprint density at radius 1 is 1.29 bits per heavy atom. The molecular weight excluding hydrogens is 480 g/mol. The van der Waals surface area contributed by atoms with Crippen LogP contribution in [0.2, 0.25) is 0 Å². The number of hydrogen-bond donors (Lipinski definition) is 3. The van der Waals surface area contributed by atoms with E-state index in [4.69, 9.17) is 20.6 Å². The maximum Gasteiger partial charge on any atom is 0.333 e. The maximum absolute atomic E-state index is 11.1. The van der Waals surface area contributed by atoms with Gasteiger partial charge in [0.25, 0.3) is 0 Å². The lowest BCUT2D eigenvalue weighted by Gasteiger charge is -2.15. The zero-order valence-electron chi connectivity index (χ0n) is 18.0. The molecule has 0 aliphatic carbocycles. The second-order valence-electron chi connectivity index (χ2n) is 7.97. The summed E-state index contributed by atoms with van der Waals surface area (Å²) in [4.78, 5) is 13.4. The van der Waals surface area contributed by atoms with Crippen LogP contribution in [0.5, 0.6) is 0 Å². The highest BCUT2D eigenvalue weighted by Crippen LogP contribution is 2.39. The van der Waals surface area contributed by atoms with Crippen LogP contribution in [0.15, 0.2) is 42.2 Å². The van der Waals surface area contributed by atoms with Gasteiger partial charge in [0.2, 0.25) is 0 Å². The Hall–Kier alpha value is -2.94. The molecule has 3 atom stereocenters. The number of aliphatic hydroxyl groups is 1. The van der Waals surface area contributed by atoms with Gasteiger partial charge in [0, 0.05) is 29.1 Å². The van der Waals surface area contributed by atoms with Crippen LogP contribution in [0, 0.1) is 6.92 Å². The number of nitrogen functional groups attached to an aromatic ring is 1. The van der Waals surface area contributed by atoms with Crippen molar-refractivity contribution < 1.29 is 22.4 Å². The van der Waals surface area contributed by atoms with E-state index < -0.39 is 35.3 Å². The van der Waals surface area contributed by atoms with Crippen LogP contribution in [0.3, 0.4) is 0 Å². The number of fused-ring (bicyclic) bond motifs is 1. The zero-order chi connectivity index (χ0) is 24.0. The van der Waals surface area contributed by atoms with Gasteiger partial charge in [-0.25, -0.2) is 20.1 Å².